The van der Waals surface area contributed by atoms with E-state index in [-0.39, 0.29) is 11.5 Å². The number of carboxylic acids is 1. The molecule has 20 heavy (non-hydrogen) atoms. The van der Waals surface area contributed by atoms with E-state index in [1.54, 1.807) is 45.2 Å². The van der Waals surface area contributed by atoms with E-state index in [0.717, 1.165) is 5.39 Å². The molecule has 5 heteroatoms. The number of hydrogen-bond acceptors (Lipinski definition) is 3. The molecule has 1 aromatic carbocycles. The highest BCUT2D eigenvalue weighted by Gasteiger charge is 2.24. The van der Waals surface area contributed by atoms with Gasteiger partial charge in [-0.15, -0.1) is 0 Å². The third-order valence-electron chi connectivity index (χ3n) is 3.32. The molecule has 2 aromatic rings. The van der Waals surface area contributed by atoms with E-state index >= 15 is 0 Å². The van der Waals surface area contributed by atoms with Gasteiger partial charge in [-0.25, -0.2) is 4.79 Å². The Morgan fingerprint density at radius 3 is 2.55 bits per heavy atom. The molecule has 0 spiro atoms. The van der Waals surface area contributed by atoms with Crippen LogP contribution in [-0.2, 0) is 4.79 Å². The number of aromatic nitrogens is 1. The number of nitrogens with zero attached hydrogens (tertiary/aromatic N) is 1. The van der Waals surface area contributed by atoms with Crippen LogP contribution in [0.2, 0.25) is 0 Å². The standard InChI is InChI=1S/C15H17NO4/c1-9(2)13(15(18)19)16-7-6-10-8-11(20-3)4-5-12(10)14(16)17/h4-9,13H,1-3H3,(H,18,19). The molecule has 2 rings (SSSR count). The molecule has 0 radical (unpaired) electrons. The largest absolute Gasteiger partial charge is 0.497 e. The van der Waals surface area contributed by atoms with Gasteiger partial charge in [0.25, 0.3) is 5.56 Å². The Morgan fingerprint density at radius 1 is 1.30 bits per heavy atom. The van der Waals surface area contributed by atoms with E-state index in [2.05, 4.69) is 0 Å². The number of pyridine rings is 1. The van der Waals surface area contributed by atoms with Crippen LogP contribution in [-0.4, -0.2) is 22.8 Å². The van der Waals surface area contributed by atoms with Gasteiger partial charge in [-0.05, 0) is 35.6 Å². The van der Waals surface area contributed by atoms with Gasteiger partial charge in [-0.3, -0.25) is 4.79 Å². The van der Waals surface area contributed by atoms with Crippen LogP contribution in [0.4, 0.5) is 0 Å². The van der Waals surface area contributed by atoms with Crippen LogP contribution in [0, 0.1) is 5.92 Å². The summed E-state index contributed by atoms with van der Waals surface area (Å²) >= 11 is 0. The van der Waals surface area contributed by atoms with Crippen molar-refractivity contribution in [1.82, 2.24) is 4.57 Å². The monoisotopic (exact) mass is 275 g/mol. The smallest absolute Gasteiger partial charge is 0.327 e. The lowest BCUT2D eigenvalue weighted by Crippen LogP contribution is -2.32. The SMILES string of the molecule is COc1ccc2c(=O)n(C(C(=O)O)C(C)C)ccc2c1. The van der Waals surface area contributed by atoms with Gasteiger partial charge in [0.15, 0.2) is 0 Å². The molecule has 1 aromatic heterocycles. The summed E-state index contributed by atoms with van der Waals surface area (Å²) in [6.45, 7) is 3.56. The predicted molar refractivity (Wildman–Crippen MR) is 76.3 cm³/mol. The maximum atomic E-state index is 12.4. The number of hydrogen-bond donors (Lipinski definition) is 1. The number of aliphatic carboxylic acids is 1. The van der Waals surface area contributed by atoms with Crippen molar-refractivity contribution in [3.63, 3.8) is 0 Å². The second-order valence-electron chi connectivity index (χ2n) is 5.01. The van der Waals surface area contributed by atoms with Gasteiger partial charge in [0.1, 0.15) is 11.8 Å². The summed E-state index contributed by atoms with van der Waals surface area (Å²) in [7, 11) is 1.56. The minimum atomic E-state index is -1.00. The maximum Gasteiger partial charge on any atom is 0.327 e. The first-order valence-corrected chi connectivity index (χ1v) is 6.37. The maximum absolute atomic E-state index is 12.4. The molecule has 0 aliphatic carbocycles. The first kappa shape index (κ1) is 14.1. The van der Waals surface area contributed by atoms with E-state index in [4.69, 9.17) is 4.74 Å². The average Bonchev–Trinajstić information content (AvgIpc) is 2.40. The molecule has 0 saturated carbocycles. The van der Waals surface area contributed by atoms with Crippen molar-refractivity contribution >= 4 is 16.7 Å². The van der Waals surface area contributed by atoms with Gasteiger partial charge in [0, 0.05) is 11.6 Å². The molecule has 106 valence electrons. The number of benzene rings is 1. The Balaban J connectivity index is 2.65. The molecular formula is C15H17NO4. The van der Waals surface area contributed by atoms with E-state index in [1.165, 1.54) is 10.8 Å². The molecule has 0 fully saturated rings. The van der Waals surface area contributed by atoms with Crippen LogP contribution in [0.25, 0.3) is 10.8 Å². The zero-order chi connectivity index (χ0) is 14.9. The number of carbonyl (C=O) groups is 1. The fourth-order valence-electron chi connectivity index (χ4n) is 2.31. The summed E-state index contributed by atoms with van der Waals surface area (Å²) in [5, 5.41) is 10.5. The average molecular weight is 275 g/mol. The van der Waals surface area contributed by atoms with Crippen molar-refractivity contribution in [2.24, 2.45) is 5.92 Å². The topological polar surface area (TPSA) is 68.5 Å². The zero-order valence-electron chi connectivity index (χ0n) is 11.7. The molecular weight excluding hydrogens is 258 g/mol. The summed E-state index contributed by atoms with van der Waals surface area (Å²) in [6, 6.07) is 5.98. The van der Waals surface area contributed by atoms with E-state index in [9.17, 15) is 14.7 Å². The second-order valence-corrected chi connectivity index (χ2v) is 5.01. The predicted octanol–water partition coefficient (Wildman–Crippen LogP) is 2.29. The van der Waals surface area contributed by atoms with Gasteiger partial charge < -0.3 is 14.4 Å². The molecule has 0 bridgehead atoms. The highest BCUT2D eigenvalue weighted by molar-refractivity contribution is 5.83. The minimum Gasteiger partial charge on any atom is -0.497 e. The molecule has 1 atom stereocenters. The third kappa shape index (κ3) is 2.39. The summed E-state index contributed by atoms with van der Waals surface area (Å²) in [5.41, 5.74) is -0.300. The molecule has 0 aliphatic heterocycles. The van der Waals surface area contributed by atoms with Gasteiger partial charge in [0.05, 0.1) is 7.11 Å². The normalized spacial score (nSPS) is 12.6. The first-order valence-electron chi connectivity index (χ1n) is 6.37. The fraction of sp³-hybridized carbons (Fsp3) is 0.333. The number of ether oxygens (including phenoxy) is 1. The molecule has 0 aliphatic rings. The highest BCUT2D eigenvalue weighted by Crippen LogP contribution is 2.21. The Labute approximate surface area is 116 Å². The third-order valence-corrected chi connectivity index (χ3v) is 3.32. The Kier molecular flexibility index (Phi) is 3.79. The van der Waals surface area contributed by atoms with Crippen molar-refractivity contribution < 1.29 is 14.6 Å². The van der Waals surface area contributed by atoms with E-state index in [0.29, 0.717) is 11.1 Å². The highest BCUT2D eigenvalue weighted by atomic mass is 16.5. The lowest BCUT2D eigenvalue weighted by atomic mass is 10.0. The van der Waals surface area contributed by atoms with Gasteiger partial charge in [0.2, 0.25) is 0 Å². The summed E-state index contributed by atoms with van der Waals surface area (Å²) in [6.07, 6.45) is 1.53. The summed E-state index contributed by atoms with van der Waals surface area (Å²) in [5.74, 6) is -0.524. The number of carboxylic acid groups (broad SMARTS) is 1. The lowest BCUT2D eigenvalue weighted by molar-refractivity contribution is -0.142. The minimum absolute atomic E-state index is 0.180. The van der Waals surface area contributed by atoms with Crippen LogP contribution in [0.3, 0.4) is 0 Å². The van der Waals surface area contributed by atoms with Gasteiger partial charge in [-0.2, -0.15) is 0 Å². The van der Waals surface area contributed by atoms with E-state index < -0.39 is 12.0 Å². The second kappa shape index (κ2) is 5.36. The van der Waals surface area contributed by atoms with Crippen molar-refractivity contribution in [3.05, 3.63) is 40.8 Å². The zero-order valence-corrected chi connectivity index (χ0v) is 11.7. The Hall–Kier alpha value is -2.30. The Morgan fingerprint density at radius 2 is 2.00 bits per heavy atom. The van der Waals surface area contributed by atoms with E-state index in [1.807, 2.05) is 0 Å². The number of rotatable bonds is 4. The fourth-order valence-corrected chi connectivity index (χ4v) is 2.31. The van der Waals surface area contributed by atoms with Crippen LogP contribution >= 0.6 is 0 Å². The molecule has 1 unspecified atom stereocenters. The Bertz CT molecular complexity index is 703. The van der Waals surface area contributed by atoms with Crippen molar-refractivity contribution in [2.75, 3.05) is 7.11 Å². The summed E-state index contributed by atoms with van der Waals surface area (Å²) < 4.78 is 6.39. The molecule has 1 N–H and O–H groups in total. The molecule has 1 heterocycles. The van der Waals surface area contributed by atoms with Crippen LogP contribution < -0.4 is 10.3 Å². The quantitative estimate of drug-likeness (QED) is 0.929. The number of methoxy groups -OCH3 is 1. The van der Waals surface area contributed by atoms with Crippen LogP contribution in [0.15, 0.2) is 35.3 Å². The van der Waals surface area contributed by atoms with Gasteiger partial charge >= 0.3 is 5.97 Å². The van der Waals surface area contributed by atoms with Crippen molar-refractivity contribution in [1.29, 1.82) is 0 Å². The summed E-state index contributed by atoms with van der Waals surface area (Å²) in [4.78, 5) is 23.8. The molecule has 0 saturated heterocycles. The first-order chi connectivity index (χ1) is 9.45. The molecule has 0 amide bonds. The lowest BCUT2D eigenvalue weighted by Gasteiger charge is -2.19. The van der Waals surface area contributed by atoms with Crippen molar-refractivity contribution in [3.8, 4) is 5.75 Å². The van der Waals surface area contributed by atoms with Crippen LogP contribution in [0.5, 0.6) is 5.75 Å². The van der Waals surface area contributed by atoms with Gasteiger partial charge in [-0.1, -0.05) is 13.8 Å². The molecule has 5 nitrogen and oxygen atoms in total. The number of fused-ring (bicyclic) bond motifs is 1. The van der Waals surface area contributed by atoms with Crippen LogP contribution in [0.1, 0.15) is 19.9 Å². The van der Waals surface area contributed by atoms with Crippen molar-refractivity contribution in [2.45, 2.75) is 19.9 Å².